The molecule has 140 valence electrons. The Balaban J connectivity index is 1.83. The third-order valence-corrected chi connectivity index (χ3v) is 5.00. The minimum Gasteiger partial charge on any atom is -0.319 e. The Morgan fingerprint density at radius 3 is 2.15 bits per heavy atom. The van der Waals surface area contributed by atoms with Crippen molar-refractivity contribution >= 4 is 17.7 Å². The van der Waals surface area contributed by atoms with Crippen molar-refractivity contribution in [2.75, 3.05) is 6.54 Å². The maximum atomic E-state index is 13.0. The van der Waals surface area contributed by atoms with Gasteiger partial charge in [0.25, 0.3) is 5.91 Å². The van der Waals surface area contributed by atoms with Gasteiger partial charge in [-0.2, -0.15) is 0 Å². The van der Waals surface area contributed by atoms with Crippen molar-refractivity contribution in [1.29, 1.82) is 0 Å². The molecule has 3 rings (SSSR count). The number of Topliss-reactive ketones (excluding diaryl/α,β-unsaturated/α-hetero) is 1. The third kappa shape index (κ3) is 3.50. The predicted octanol–water partition coefficient (Wildman–Crippen LogP) is 3.63. The fraction of sp³-hybridized carbons (Fsp3) is 0.318. The van der Waals surface area contributed by atoms with E-state index >= 15 is 0 Å². The maximum absolute atomic E-state index is 13.0. The van der Waals surface area contributed by atoms with Crippen LogP contribution in [0.4, 0.5) is 4.79 Å². The van der Waals surface area contributed by atoms with E-state index in [0.29, 0.717) is 11.1 Å². The van der Waals surface area contributed by atoms with Crippen LogP contribution in [0.2, 0.25) is 0 Å². The van der Waals surface area contributed by atoms with Crippen molar-refractivity contribution in [2.45, 2.75) is 38.6 Å². The van der Waals surface area contributed by atoms with Crippen molar-refractivity contribution in [3.63, 3.8) is 0 Å². The van der Waals surface area contributed by atoms with Crippen LogP contribution in [0, 0.1) is 0 Å². The average molecular weight is 364 g/mol. The van der Waals surface area contributed by atoms with Crippen molar-refractivity contribution in [2.24, 2.45) is 0 Å². The molecule has 0 saturated carbocycles. The number of nitrogens with one attached hydrogen (secondary N) is 1. The lowest BCUT2D eigenvalue weighted by atomic mass is 9.84. The summed E-state index contributed by atoms with van der Waals surface area (Å²) in [6.07, 6.45) is 0. The van der Waals surface area contributed by atoms with Crippen LogP contribution in [0.3, 0.4) is 0 Å². The number of rotatable bonds is 4. The first-order valence-corrected chi connectivity index (χ1v) is 8.96. The average Bonchev–Trinajstić information content (AvgIpc) is 2.86. The first kappa shape index (κ1) is 18.8. The van der Waals surface area contributed by atoms with Gasteiger partial charge >= 0.3 is 6.03 Å². The first-order chi connectivity index (χ1) is 12.6. The second-order valence-corrected chi connectivity index (χ2v) is 8.06. The molecule has 3 amide bonds. The smallest absolute Gasteiger partial charge is 0.319 e. The largest absolute Gasteiger partial charge is 0.325 e. The fourth-order valence-electron chi connectivity index (χ4n) is 3.20. The zero-order valence-electron chi connectivity index (χ0n) is 16.1. The summed E-state index contributed by atoms with van der Waals surface area (Å²) in [4.78, 5) is 38.8. The first-order valence-electron chi connectivity index (χ1n) is 8.96. The van der Waals surface area contributed by atoms with E-state index in [1.54, 1.807) is 31.2 Å². The van der Waals surface area contributed by atoms with Crippen LogP contribution in [0.5, 0.6) is 0 Å². The highest BCUT2D eigenvalue weighted by Crippen LogP contribution is 2.31. The van der Waals surface area contributed by atoms with Gasteiger partial charge < -0.3 is 5.32 Å². The number of carbonyl (C=O) groups excluding carboxylic acids is 3. The van der Waals surface area contributed by atoms with E-state index in [-0.39, 0.29) is 17.7 Å². The summed E-state index contributed by atoms with van der Waals surface area (Å²) in [5, 5.41) is 2.75. The molecule has 1 saturated heterocycles. The SMILES string of the molecule is CC(C)(C)c1ccc([C@]2(C)NC(=O)N(CC(=O)c3ccccc3)C2=O)cc1. The molecule has 0 bridgehead atoms. The molecular formula is C22H24N2O3. The Morgan fingerprint density at radius 1 is 1.00 bits per heavy atom. The quantitative estimate of drug-likeness (QED) is 0.665. The highest BCUT2D eigenvalue weighted by Gasteiger charge is 2.49. The molecular weight excluding hydrogens is 340 g/mol. The highest BCUT2D eigenvalue weighted by atomic mass is 16.2. The van der Waals surface area contributed by atoms with Gasteiger partial charge in [0.15, 0.2) is 5.78 Å². The number of ketones is 1. The number of carbonyl (C=O) groups is 3. The fourth-order valence-corrected chi connectivity index (χ4v) is 3.20. The molecule has 0 aromatic heterocycles. The Morgan fingerprint density at radius 2 is 1.59 bits per heavy atom. The number of nitrogens with zero attached hydrogens (tertiary/aromatic N) is 1. The number of imide groups is 1. The molecule has 0 radical (unpaired) electrons. The van der Waals surface area contributed by atoms with Crippen LogP contribution >= 0.6 is 0 Å². The van der Waals surface area contributed by atoms with Gasteiger partial charge in [0.1, 0.15) is 5.54 Å². The van der Waals surface area contributed by atoms with E-state index in [2.05, 4.69) is 26.1 Å². The van der Waals surface area contributed by atoms with Crippen LogP contribution in [-0.2, 0) is 15.7 Å². The van der Waals surface area contributed by atoms with E-state index in [1.807, 2.05) is 30.3 Å². The van der Waals surface area contributed by atoms with Crippen LogP contribution in [-0.4, -0.2) is 29.2 Å². The molecule has 2 aromatic rings. The Bertz CT molecular complexity index is 882. The van der Waals surface area contributed by atoms with Gasteiger partial charge in [-0.25, -0.2) is 4.79 Å². The number of benzene rings is 2. The van der Waals surface area contributed by atoms with E-state index in [1.165, 1.54) is 0 Å². The summed E-state index contributed by atoms with van der Waals surface area (Å²) in [6, 6.07) is 15.8. The number of hydrogen-bond donors (Lipinski definition) is 1. The van der Waals surface area contributed by atoms with Gasteiger partial charge in [-0.3, -0.25) is 14.5 Å². The Kier molecular flexibility index (Phi) is 4.64. The van der Waals surface area contributed by atoms with Crippen LogP contribution < -0.4 is 5.32 Å². The van der Waals surface area contributed by atoms with Gasteiger partial charge in [0.05, 0.1) is 6.54 Å². The van der Waals surface area contributed by atoms with Gasteiger partial charge in [-0.15, -0.1) is 0 Å². The molecule has 1 atom stereocenters. The zero-order valence-corrected chi connectivity index (χ0v) is 16.1. The third-order valence-electron chi connectivity index (χ3n) is 5.00. The zero-order chi connectivity index (χ0) is 19.8. The number of urea groups is 1. The van der Waals surface area contributed by atoms with E-state index in [4.69, 9.17) is 0 Å². The molecule has 1 fully saturated rings. The van der Waals surface area contributed by atoms with E-state index in [0.717, 1.165) is 10.5 Å². The lowest BCUT2D eigenvalue weighted by Crippen LogP contribution is -2.41. The van der Waals surface area contributed by atoms with Crippen LogP contribution in [0.15, 0.2) is 54.6 Å². The lowest BCUT2D eigenvalue weighted by molar-refractivity contribution is -0.130. The van der Waals surface area contributed by atoms with Crippen LogP contribution in [0.25, 0.3) is 0 Å². The van der Waals surface area contributed by atoms with Crippen molar-refractivity contribution in [3.8, 4) is 0 Å². The standard InChI is InChI=1S/C22H24N2O3/c1-21(2,3)16-10-12-17(13-11-16)22(4)19(26)24(20(27)23-22)14-18(25)15-8-6-5-7-9-15/h5-13H,14H2,1-4H3,(H,23,27)/t22-/m0/s1. The van der Waals surface area contributed by atoms with Gasteiger partial charge in [0, 0.05) is 5.56 Å². The molecule has 1 aliphatic heterocycles. The molecule has 1 N–H and O–H groups in total. The van der Waals surface area contributed by atoms with Gasteiger partial charge in [0.2, 0.25) is 0 Å². The number of hydrogen-bond acceptors (Lipinski definition) is 3. The highest BCUT2D eigenvalue weighted by molar-refractivity contribution is 6.11. The summed E-state index contributed by atoms with van der Waals surface area (Å²) >= 11 is 0. The van der Waals surface area contributed by atoms with Crippen molar-refractivity contribution < 1.29 is 14.4 Å². The molecule has 1 heterocycles. The summed E-state index contributed by atoms with van der Waals surface area (Å²) < 4.78 is 0. The predicted molar refractivity (Wildman–Crippen MR) is 104 cm³/mol. The maximum Gasteiger partial charge on any atom is 0.325 e. The Hall–Kier alpha value is -2.95. The summed E-state index contributed by atoms with van der Waals surface area (Å²) in [6.45, 7) is 7.74. The molecule has 5 nitrogen and oxygen atoms in total. The van der Waals surface area contributed by atoms with Crippen LogP contribution in [0.1, 0.15) is 49.2 Å². The molecule has 5 heteroatoms. The normalized spacial score (nSPS) is 19.9. The summed E-state index contributed by atoms with van der Waals surface area (Å²) in [7, 11) is 0. The molecule has 27 heavy (non-hydrogen) atoms. The van der Waals surface area contributed by atoms with Gasteiger partial charge in [-0.05, 0) is 23.5 Å². The van der Waals surface area contributed by atoms with Crippen molar-refractivity contribution in [3.05, 3.63) is 71.3 Å². The van der Waals surface area contributed by atoms with Gasteiger partial charge in [-0.1, -0.05) is 75.4 Å². The number of amides is 3. The topological polar surface area (TPSA) is 66.5 Å². The second-order valence-electron chi connectivity index (χ2n) is 8.06. The second kappa shape index (κ2) is 6.65. The summed E-state index contributed by atoms with van der Waals surface area (Å²) in [5.41, 5.74) is 1.13. The van der Waals surface area contributed by atoms with Crippen molar-refractivity contribution in [1.82, 2.24) is 10.2 Å². The molecule has 1 aliphatic rings. The minimum absolute atomic E-state index is 0.00347. The monoisotopic (exact) mass is 364 g/mol. The minimum atomic E-state index is -1.18. The molecule has 0 spiro atoms. The van der Waals surface area contributed by atoms with E-state index in [9.17, 15) is 14.4 Å². The molecule has 0 aliphatic carbocycles. The Labute approximate surface area is 159 Å². The van der Waals surface area contributed by atoms with E-state index < -0.39 is 17.5 Å². The molecule has 0 unspecified atom stereocenters. The molecule has 2 aromatic carbocycles. The summed E-state index contributed by atoms with van der Waals surface area (Å²) in [5.74, 6) is -0.688. The lowest BCUT2D eigenvalue weighted by Gasteiger charge is -2.24.